The SMILES string of the molecule is NNC(=O)c1ccc2nc(-c3cc(NC(=O)Nc4ccc(Cl)c(C(F)(F)F)c4)ccc3Cl)[nH]c2c1. The molecule has 8 nitrogen and oxygen atoms in total. The molecule has 13 heteroatoms. The first-order chi connectivity index (χ1) is 16.5. The molecule has 3 amide bonds. The summed E-state index contributed by atoms with van der Waals surface area (Å²) in [5.74, 6) is 5.06. The number of amides is 3. The molecule has 6 N–H and O–H groups in total. The summed E-state index contributed by atoms with van der Waals surface area (Å²) in [7, 11) is 0. The highest BCUT2D eigenvalue weighted by Gasteiger charge is 2.33. The number of nitrogens with zero attached hydrogens (tertiary/aromatic N) is 1. The molecular weight excluding hydrogens is 508 g/mol. The van der Waals surface area contributed by atoms with E-state index in [1.165, 1.54) is 24.3 Å². The van der Waals surface area contributed by atoms with E-state index in [-0.39, 0.29) is 5.69 Å². The second-order valence-electron chi connectivity index (χ2n) is 7.26. The van der Waals surface area contributed by atoms with E-state index in [4.69, 9.17) is 29.0 Å². The fourth-order valence-electron chi connectivity index (χ4n) is 3.26. The zero-order valence-corrected chi connectivity index (χ0v) is 18.9. The van der Waals surface area contributed by atoms with Gasteiger partial charge in [-0.2, -0.15) is 13.2 Å². The van der Waals surface area contributed by atoms with Gasteiger partial charge in [-0.3, -0.25) is 10.2 Å². The van der Waals surface area contributed by atoms with Crippen molar-refractivity contribution in [3.8, 4) is 11.4 Å². The lowest BCUT2D eigenvalue weighted by Gasteiger charge is -2.13. The van der Waals surface area contributed by atoms with Gasteiger partial charge in [-0.15, -0.1) is 0 Å². The van der Waals surface area contributed by atoms with E-state index in [1.54, 1.807) is 18.2 Å². The molecule has 0 unspecified atom stereocenters. The number of urea groups is 1. The van der Waals surface area contributed by atoms with Gasteiger partial charge in [0.15, 0.2) is 0 Å². The lowest BCUT2D eigenvalue weighted by Crippen LogP contribution is -2.29. The zero-order chi connectivity index (χ0) is 25.3. The number of nitrogen functional groups attached to an aromatic ring is 1. The minimum Gasteiger partial charge on any atom is -0.338 e. The third-order valence-corrected chi connectivity index (χ3v) is 5.54. The molecule has 180 valence electrons. The van der Waals surface area contributed by atoms with Crippen molar-refractivity contribution in [3.05, 3.63) is 75.8 Å². The average Bonchev–Trinajstić information content (AvgIpc) is 3.23. The average molecular weight is 523 g/mol. The van der Waals surface area contributed by atoms with Gasteiger partial charge in [0, 0.05) is 22.5 Å². The molecule has 1 aromatic heterocycles. The molecule has 0 saturated heterocycles. The van der Waals surface area contributed by atoms with Crippen molar-refractivity contribution >= 4 is 57.5 Å². The molecule has 1 heterocycles. The topological polar surface area (TPSA) is 125 Å². The van der Waals surface area contributed by atoms with E-state index in [2.05, 4.69) is 20.6 Å². The van der Waals surface area contributed by atoms with Crippen molar-refractivity contribution in [2.24, 2.45) is 5.84 Å². The zero-order valence-electron chi connectivity index (χ0n) is 17.4. The fraction of sp³-hybridized carbons (Fsp3) is 0.0455. The standard InChI is InChI=1S/C22H15Cl2F3N6O2/c23-15-4-2-11(29-21(35)30-12-3-5-16(24)14(9-12)22(25,26)27)8-13(15)19-31-17-6-1-10(20(34)33-28)7-18(17)32-19/h1-9H,28H2,(H,31,32)(H,33,34)(H2,29,30,35). The Morgan fingerprint density at radius 3 is 2.23 bits per heavy atom. The summed E-state index contributed by atoms with van der Waals surface area (Å²) in [5, 5.41) is 4.71. The van der Waals surface area contributed by atoms with Crippen molar-refractivity contribution in [1.29, 1.82) is 0 Å². The van der Waals surface area contributed by atoms with Crippen LogP contribution in [0.3, 0.4) is 0 Å². The number of alkyl halides is 3. The molecule has 0 radical (unpaired) electrons. The minimum atomic E-state index is -4.67. The number of hydrogen-bond donors (Lipinski definition) is 5. The predicted molar refractivity (Wildman–Crippen MR) is 127 cm³/mol. The van der Waals surface area contributed by atoms with E-state index >= 15 is 0 Å². The van der Waals surface area contributed by atoms with E-state index in [0.717, 1.165) is 12.1 Å². The smallest absolute Gasteiger partial charge is 0.338 e. The summed E-state index contributed by atoms with van der Waals surface area (Å²) in [6.45, 7) is 0. The van der Waals surface area contributed by atoms with E-state index in [9.17, 15) is 22.8 Å². The van der Waals surface area contributed by atoms with Crippen molar-refractivity contribution in [2.75, 3.05) is 10.6 Å². The number of carbonyl (C=O) groups is 2. The largest absolute Gasteiger partial charge is 0.417 e. The molecule has 3 aromatic carbocycles. The lowest BCUT2D eigenvalue weighted by atomic mass is 10.2. The number of H-pyrrole nitrogens is 1. The van der Waals surface area contributed by atoms with Crippen LogP contribution in [0.25, 0.3) is 22.4 Å². The maximum atomic E-state index is 13.1. The monoisotopic (exact) mass is 522 g/mol. The fourth-order valence-corrected chi connectivity index (χ4v) is 3.69. The first kappa shape index (κ1) is 24.3. The maximum absolute atomic E-state index is 13.1. The number of hydrogen-bond acceptors (Lipinski definition) is 4. The molecule has 0 aliphatic rings. The Bertz CT molecular complexity index is 1460. The van der Waals surface area contributed by atoms with Gasteiger partial charge < -0.3 is 15.6 Å². The van der Waals surface area contributed by atoms with Crippen LogP contribution in [-0.4, -0.2) is 21.9 Å². The van der Waals surface area contributed by atoms with Gasteiger partial charge in [-0.05, 0) is 54.6 Å². The Morgan fingerprint density at radius 1 is 0.914 bits per heavy atom. The Morgan fingerprint density at radius 2 is 1.57 bits per heavy atom. The molecule has 0 saturated carbocycles. The Kier molecular flexibility index (Phi) is 6.57. The van der Waals surface area contributed by atoms with Crippen LogP contribution in [0.1, 0.15) is 15.9 Å². The van der Waals surface area contributed by atoms with Crippen LogP contribution in [-0.2, 0) is 6.18 Å². The normalized spacial score (nSPS) is 11.4. The highest BCUT2D eigenvalue weighted by Crippen LogP contribution is 2.36. The van der Waals surface area contributed by atoms with Crippen LogP contribution in [0.5, 0.6) is 0 Å². The molecular formula is C22H15Cl2F3N6O2. The Hall–Kier alpha value is -3.80. The number of nitrogens with two attached hydrogens (primary N) is 1. The second-order valence-corrected chi connectivity index (χ2v) is 8.07. The number of fused-ring (bicyclic) bond motifs is 1. The molecule has 0 atom stereocenters. The first-order valence-corrected chi connectivity index (χ1v) is 10.6. The van der Waals surface area contributed by atoms with Crippen molar-refractivity contribution in [3.63, 3.8) is 0 Å². The number of hydrazine groups is 1. The van der Waals surface area contributed by atoms with Gasteiger partial charge in [-0.25, -0.2) is 15.6 Å². The molecule has 0 fully saturated rings. The van der Waals surface area contributed by atoms with Gasteiger partial charge in [0.1, 0.15) is 5.82 Å². The quantitative estimate of drug-likeness (QED) is 0.132. The Labute approximate surface area is 205 Å². The summed E-state index contributed by atoms with van der Waals surface area (Å²) in [4.78, 5) is 31.6. The Balaban J connectivity index is 1.56. The second kappa shape index (κ2) is 9.45. The molecule has 35 heavy (non-hydrogen) atoms. The van der Waals surface area contributed by atoms with Gasteiger partial charge in [0.05, 0.1) is 26.6 Å². The minimum absolute atomic E-state index is 0.0944. The molecule has 4 aromatic rings. The van der Waals surface area contributed by atoms with Gasteiger partial charge >= 0.3 is 12.2 Å². The van der Waals surface area contributed by atoms with Crippen molar-refractivity contribution in [1.82, 2.24) is 15.4 Å². The summed E-state index contributed by atoms with van der Waals surface area (Å²) < 4.78 is 39.2. The van der Waals surface area contributed by atoms with Gasteiger partial charge in [-0.1, -0.05) is 23.2 Å². The van der Waals surface area contributed by atoms with Crippen LogP contribution >= 0.6 is 23.2 Å². The summed E-state index contributed by atoms with van der Waals surface area (Å²) >= 11 is 11.9. The van der Waals surface area contributed by atoms with Crippen LogP contribution in [0.2, 0.25) is 10.0 Å². The molecule has 4 rings (SSSR count). The third-order valence-electron chi connectivity index (χ3n) is 4.88. The summed E-state index contributed by atoms with van der Waals surface area (Å²) in [6, 6.07) is 11.6. The van der Waals surface area contributed by atoms with Crippen LogP contribution in [0, 0.1) is 0 Å². The number of halogens is 5. The summed E-state index contributed by atoms with van der Waals surface area (Å²) in [6.07, 6.45) is -4.67. The maximum Gasteiger partial charge on any atom is 0.417 e. The number of imidazole rings is 1. The summed E-state index contributed by atoms with van der Waals surface area (Å²) in [5.41, 5.74) is 3.06. The predicted octanol–water partition coefficient (Wildman–Crippen LogP) is 5.80. The van der Waals surface area contributed by atoms with Crippen molar-refractivity contribution < 1.29 is 22.8 Å². The third kappa shape index (κ3) is 5.32. The van der Waals surface area contributed by atoms with E-state index < -0.39 is 28.7 Å². The van der Waals surface area contributed by atoms with E-state index in [1.807, 2.05) is 5.43 Å². The highest BCUT2D eigenvalue weighted by atomic mass is 35.5. The van der Waals surface area contributed by atoms with Gasteiger partial charge in [0.2, 0.25) is 0 Å². The van der Waals surface area contributed by atoms with Crippen LogP contribution < -0.4 is 21.9 Å². The molecule has 0 bridgehead atoms. The molecule has 0 spiro atoms. The molecule has 0 aliphatic heterocycles. The first-order valence-electron chi connectivity index (χ1n) is 9.80. The number of aromatic amines is 1. The number of rotatable bonds is 4. The highest BCUT2D eigenvalue weighted by molar-refractivity contribution is 6.33. The number of carbonyl (C=O) groups excluding carboxylic acids is 2. The number of anilines is 2. The van der Waals surface area contributed by atoms with Crippen LogP contribution in [0.4, 0.5) is 29.3 Å². The van der Waals surface area contributed by atoms with E-state index in [0.29, 0.717) is 38.7 Å². The van der Waals surface area contributed by atoms with Crippen LogP contribution in [0.15, 0.2) is 54.6 Å². The number of benzene rings is 3. The number of aromatic nitrogens is 2. The van der Waals surface area contributed by atoms with Crippen molar-refractivity contribution in [2.45, 2.75) is 6.18 Å². The molecule has 0 aliphatic carbocycles. The lowest BCUT2D eigenvalue weighted by molar-refractivity contribution is -0.137. The number of nitrogens with one attached hydrogen (secondary N) is 4. The van der Waals surface area contributed by atoms with Gasteiger partial charge in [0.25, 0.3) is 5.91 Å².